The first-order valence-electron chi connectivity index (χ1n) is 7.09. The van der Waals surface area contributed by atoms with Crippen molar-refractivity contribution in [3.63, 3.8) is 0 Å². The summed E-state index contributed by atoms with van der Waals surface area (Å²) in [6, 6.07) is 5.69. The zero-order valence-corrected chi connectivity index (χ0v) is 10.9. The van der Waals surface area contributed by atoms with E-state index >= 15 is 0 Å². The van der Waals surface area contributed by atoms with Gasteiger partial charge in [-0.1, -0.05) is 6.07 Å². The molecule has 1 aromatic rings. The molecule has 2 saturated carbocycles. The largest absolute Gasteiger partial charge is 0.485 e. The van der Waals surface area contributed by atoms with Gasteiger partial charge in [0.15, 0.2) is 11.6 Å². The molecule has 2 aliphatic rings. The number of nitrogens with one attached hydrogen (secondary N) is 1. The summed E-state index contributed by atoms with van der Waals surface area (Å²) in [4.78, 5) is 0. The van der Waals surface area contributed by atoms with Gasteiger partial charge in [-0.05, 0) is 49.8 Å². The quantitative estimate of drug-likeness (QED) is 0.859. The molecule has 104 valence electrons. The normalized spacial score (nSPS) is 26.6. The van der Waals surface area contributed by atoms with Crippen molar-refractivity contribution < 1.29 is 14.2 Å². The van der Waals surface area contributed by atoms with Crippen LogP contribution in [0.25, 0.3) is 0 Å². The first-order chi connectivity index (χ1) is 9.22. The molecular weight excluding hydrogens is 245 g/mol. The third-order valence-corrected chi connectivity index (χ3v) is 3.86. The summed E-state index contributed by atoms with van der Waals surface area (Å²) in [5.41, 5.74) is 0.934. The average molecular weight is 265 g/mol. The monoisotopic (exact) mass is 265 g/mol. The first kappa shape index (κ1) is 12.9. The lowest BCUT2D eigenvalue weighted by atomic mass is 10.2. The molecule has 2 N–H and O–H groups in total. The van der Waals surface area contributed by atoms with Gasteiger partial charge < -0.3 is 15.2 Å². The molecular formula is C15H20FNO2. The van der Waals surface area contributed by atoms with Crippen LogP contribution in [0.2, 0.25) is 0 Å². The lowest BCUT2D eigenvalue weighted by molar-refractivity contribution is 0.0578. The minimum absolute atomic E-state index is 0.251. The van der Waals surface area contributed by atoms with E-state index in [-0.39, 0.29) is 17.7 Å². The Labute approximate surface area is 112 Å². The van der Waals surface area contributed by atoms with Crippen LogP contribution in [0, 0.1) is 5.82 Å². The van der Waals surface area contributed by atoms with E-state index < -0.39 is 6.10 Å². The van der Waals surface area contributed by atoms with Gasteiger partial charge in [-0.2, -0.15) is 0 Å². The lowest BCUT2D eigenvalue weighted by Gasteiger charge is -2.17. The number of aliphatic hydroxyl groups excluding tert-OH is 1. The Hall–Kier alpha value is -1.13. The van der Waals surface area contributed by atoms with Gasteiger partial charge >= 0.3 is 0 Å². The number of aliphatic hydroxyl groups is 1. The molecule has 2 aliphatic carbocycles. The summed E-state index contributed by atoms with van der Waals surface area (Å²) >= 11 is 0. The van der Waals surface area contributed by atoms with Crippen LogP contribution in [0.1, 0.15) is 37.7 Å². The van der Waals surface area contributed by atoms with Crippen molar-refractivity contribution in [3.05, 3.63) is 29.6 Å². The average Bonchev–Trinajstić information content (AvgIpc) is 3.14. The maximum Gasteiger partial charge on any atom is 0.165 e. The van der Waals surface area contributed by atoms with Crippen molar-refractivity contribution in [1.82, 2.24) is 5.32 Å². The Balaban J connectivity index is 1.61. The molecule has 0 aliphatic heterocycles. The number of benzene rings is 1. The number of hydrogen-bond acceptors (Lipinski definition) is 3. The van der Waals surface area contributed by atoms with Crippen LogP contribution in [-0.4, -0.2) is 23.4 Å². The topological polar surface area (TPSA) is 41.5 Å². The van der Waals surface area contributed by atoms with Gasteiger partial charge in [0.05, 0.1) is 6.10 Å². The van der Waals surface area contributed by atoms with Gasteiger partial charge in [-0.15, -0.1) is 0 Å². The summed E-state index contributed by atoms with van der Waals surface area (Å²) < 4.78 is 19.5. The Kier molecular flexibility index (Phi) is 3.71. The Morgan fingerprint density at radius 3 is 2.74 bits per heavy atom. The predicted molar refractivity (Wildman–Crippen MR) is 70.5 cm³/mol. The van der Waals surface area contributed by atoms with Crippen LogP contribution in [0.4, 0.5) is 4.39 Å². The second kappa shape index (κ2) is 5.47. The molecule has 0 heterocycles. The Morgan fingerprint density at radius 2 is 2.11 bits per heavy atom. The molecule has 0 bridgehead atoms. The molecule has 0 radical (unpaired) electrons. The molecule has 3 rings (SSSR count). The standard InChI is InChI=1S/C15H20FNO2/c16-12-8-10(9-17-11-5-6-11)4-7-14(12)19-15-3-1-2-13(15)18/h4,7-8,11,13,15,17-18H,1-3,5-6,9H2. The summed E-state index contributed by atoms with van der Waals surface area (Å²) in [6.07, 6.45) is 4.21. The fourth-order valence-electron chi connectivity index (χ4n) is 2.51. The first-order valence-corrected chi connectivity index (χ1v) is 7.09. The Bertz CT molecular complexity index is 448. The van der Waals surface area contributed by atoms with Crippen LogP contribution in [0.3, 0.4) is 0 Å². The van der Waals surface area contributed by atoms with Crippen molar-refractivity contribution >= 4 is 0 Å². The SMILES string of the molecule is OC1CCCC1Oc1ccc(CNC2CC2)cc1F. The summed E-state index contributed by atoms with van der Waals surface area (Å²) in [5, 5.41) is 13.0. The van der Waals surface area contributed by atoms with Crippen LogP contribution < -0.4 is 10.1 Å². The molecule has 1 aromatic carbocycles. The van der Waals surface area contributed by atoms with Crippen molar-refractivity contribution in [2.75, 3.05) is 0 Å². The Morgan fingerprint density at radius 1 is 1.26 bits per heavy atom. The molecule has 2 unspecified atom stereocenters. The van der Waals surface area contributed by atoms with E-state index in [0.29, 0.717) is 12.6 Å². The third kappa shape index (κ3) is 3.25. The second-order valence-electron chi connectivity index (χ2n) is 5.57. The molecule has 3 nitrogen and oxygen atoms in total. The molecule has 0 amide bonds. The third-order valence-electron chi connectivity index (χ3n) is 3.86. The van der Waals surface area contributed by atoms with Crippen LogP contribution >= 0.6 is 0 Å². The van der Waals surface area contributed by atoms with E-state index in [2.05, 4.69) is 5.32 Å². The van der Waals surface area contributed by atoms with Crippen molar-refractivity contribution in [3.8, 4) is 5.75 Å². The molecule has 2 atom stereocenters. The summed E-state index contributed by atoms with van der Waals surface area (Å²) in [7, 11) is 0. The van der Waals surface area contributed by atoms with Crippen molar-refractivity contribution in [2.24, 2.45) is 0 Å². The molecule has 0 aromatic heterocycles. The smallest absolute Gasteiger partial charge is 0.165 e. The van der Waals surface area contributed by atoms with Crippen molar-refractivity contribution in [1.29, 1.82) is 0 Å². The van der Waals surface area contributed by atoms with Crippen LogP contribution in [0.5, 0.6) is 5.75 Å². The van der Waals surface area contributed by atoms with Gasteiger partial charge in [0.2, 0.25) is 0 Å². The number of ether oxygens (including phenoxy) is 1. The highest BCUT2D eigenvalue weighted by Crippen LogP contribution is 2.27. The number of hydrogen-bond donors (Lipinski definition) is 2. The highest BCUT2D eigenvalue weighted by Gasteiger charge is 2.27. The van der Waals surface area contributed by atoms with E-state index in [0.717, 1.165) is 24.8 Å². The fourth-order valence-corrected chi connectivity index (χ4v) is 2.51. The predicted octanol–water partition coefficient (Wildman–Crippen LogP) is 2.37. The minimum Gasteiger partial charge on any atom is -0.485 e. The zero-order chi connectivity index (χ0) is 13.2. The minimum atomic E-state index is -0.462. The molecule has 4 heteroatoms. The molecule has 0 saturated heterocycles. The second-order valence-corrected chi connectivity index (χ2v) is 5.57. The van der Waals surface area contributed by atoms with E-state index in [1.807, 2.05) is 6.07 Å². The number of rotatable bonds is 5. The van der Waals surface area contributed by atoms with Gasteiger partial charge in [-0.25, -0.2) is 4.39 Å². The summed E-state index contributed by atoms with van der Waals surface area (Å²) in [6.45, 7) is 0.702. The molecule has 19 heavy (non-hydrogen) atoms. The van der Waals surface area contributed by atoms with Gasteiger partial charge in [0.25, 0.3) is 0 Å². The summed E-state index contributed by atoms with van der Waals surface area (Å²) in [5.74, 6) is -0.0877. The maximum absolute atomic E-state index is 13.9. The lowest BCUT2D eigenvalue weighted by Crippen LogP contribution is -2.26. The van der Waals surface area contributed by atoms with E-state index in [4.69, 9.17) is 4.74 Å². The molecule has 2 fully saturated rings. The van der Waals surface area contributed by atoms with Gasteiger partial charge in [0, 0.05) is 12.6 Å². The van der Waals surface area contributed by atoms with E-state index in [1.54, 1.807) is 6.07 Å². The number of halogens is 1. The van der Waals surface area contributed by atoms with E-state index in [1.165, 1.54) is 18.9 Å². The highest BCUT2D eigenvalue weighted by molar-refractivity contribution is 5.29. The maximum atomic E-state index is 13.9. The van der Waals surface area contributed by atoms with Crippen LogP contribution in [0.15, 0.2) is 18.2 Å². The fraction of sp³-hybridized carbons (Fsp3) is 0.600. The highest BCUT2D eigenvalue weighted by atomic mass is 19.1. The zero-order valence-electron chi connectivity index (χ0n) is 10.9. The van der Waals surface area contributed by atoms with E-state index in [9.17, 15) is 9.50 Å². The van der Waals surface area contributed by atoms with Crippen molar-refractivity contribution in [2.45, 2.75) is 56.9 Å². The van der Waals surface area contributed by atoms with Gasteiger partial charge in [0.1, 0.15) is 6.10 Å². The molecule has 0 spiro atoms. The van der Waals surface area contributed by atoms with Crippen LogP contribution in [-0.2, 0) is 6.54 Å². The van der Waals surface area contributed by atoms with Gasteiger partial charge in [-0.3, -0.25) is 0 Å².